The lowest BCUT2D eigenvalue weighted by molar-refractivity contribution is 0.0750. The summed E-state index contributed by atoms with van der Waals surface area (Å²) in [6.45, 7) is 1.75. The summed E-state index contributed by atoms with van der Waals surface area (Å²) in [5.41, 5.74) is 1.67. The average molecular weight is 248 g/mol. The monoisotopic (exact) mass is 248 g/mol. The Morgan fingerprint density at radius 1 is 1.00 bits per heavy atom. The van der Waals surface area contributed by atoms with E-state index >= 15 is 0 Å². The molecule has 1 aromatic rings. The highest BCUT2D eigenvalue weighted by Gasteiger charge is 2.27. The fourth-order valence-corrected chi connectivity index (χ4v) is 2.98. The van der Waals surface area contributed by atoms with Gasteiger partial charge in [0.2, 0.25) is 0 Å². The molecule has 2 heterocycles. The van der Waals surface area contributed by atoms with Crippen LogP contribution in [0.25, 0.3) is 0 Å². The number of hydrogen-bond donors (Lipinski definition) is 0. The number of nitrogens with zero attached hydrogens (tertiary/aromatic N) is 2. The summed E-state index contributed by atoms with van der Waals surface area (Å²) in [5, 5.41) is 4.04. The number of hydrogen-bond acceptors (Lipinski definition) is 3. The molecule has 0 aromatic carbocycles. The van der Waals surface area contributed by atoms with E-state index in [0.29, 0.717) is 5.69 Å². The lowest BCUT2D eigenvalue weighted by Gasteiger charge is -2.19. The summed E-state index contributed by atoms with van der Waals surface area (Å²) in [6.07, 6.45) is 8.90. The molecule has 0 spiro atoms. The maximum absolute atomic E-state index is 12.5. The van der Waals surface area contributed by atoms with Gasteiger partial charge in [0.25, 0.3) is 5.91 Å². The Morgan fingerprint density at radius 3 is 2.50 bits per heavy atom. The third kappa shape index (κ3) is 2.16. The van der Waals surface area contributed by atoms with E-state index in [1.807, 2.05) is 4.90 Å². The molecule has 1 aromatic heterocycles. The second-order valence-electron chi connectivity index (χ2n) is 5.35. The Morgan fingerprint density at radius 2 is 1.72 bits per heavy atom. The molecule has 0 unspecified atom stereocenters. The fraction of sp³-hybridized carbons (Fsp3) is 0.714. The van der Waals surface area contributed by atoms with E-state index in [1.165, 1.54) is 12.8 Å². The first-order valence-corrected chi connectivity index (χ1v) is 7.13. The van der Waals surface area contributed by atoms with Crippen molar-refractivity contribution in [3.05, 3.63) is 17.0 Å². The van der Waals surface area contributed by atoms with Crippen molar-refractivity contribution < 1.29 is 9.32 Å². The first kappa shape index (κ1) is 11.8. The van der Waals surface area contributed by atoms with Gasteiger partial charge < -0.3 is 9.42 Å². The predicted octanol–water partition coefficient (Wildman–Crippen LogP) is 2.57. The number of fused-ring (bicyclic) bond motifs is 1. The van der Waals surface area contributed by atoms with Crippen molar-refractivity contribution >= 4 is 5.91 Å². The Bertz CT molecular complexity index is 431. The van der Waals surface area contributed by atoms with Crippen molar-refractivity contribution in [3.8, 4) is 0 Å². The molecule has 2 aliphatic rings. The first-order valence-electron chi connectivity index (χ1n) is 7.13. The van der Waals surface area contributed by atoms with Gasteiger partial charge in [0.1, 0.15) is 5.76 Å². The van der Waals surface area contributed by atoms with Crippen LogP contribution in [0.15, 0.2) is 4.52 Å². The van der Waals surface area contributed by atoms with E-state index in [1.54, 1.807) is 0 Å². The third-order valence-electron chi connectivity index (χ3n) is 4.05. The van der Waals surface area contributed by atoms with E-state index < -0.39 is 0 Å². The lowest BCUT2D eigenvalue weighted by atomic mass is 9.96. The van der Waals surface area contributed by atoms with Gasteiger partial charge in [0.05, 0.1) is 0 Å². The number of rotatable bonds is 1. The zero-order valence-corrected chi connectivity index (χ0v) is 10.8. The number of carbonyl (C=O) groups excluding carboxylic acids is 1. The van der Waals surface area contributed by atoms with Crippen LogP contribution in [0.3, 0.4) is 0 Å². The summed E-state index contributed by atoms with van der Waals surface area (Å²) in [5.74, 6) is 1.03. The smallest absolute Gasteiger partial charge is 0.276 e. The van der Waals surface area contributed by atoms with Crippen molar-refractivity contribution in [1.82, 2.24) is 10.1 Å². The van der Waals surface area contributed by atoms with Crippen LogP contribution in [-0.4, -0.2) is 29.1 Å². The van der Waals surface area contributed by atoms with Gasteiger partial charge in [-0.25, -0.2) is 0 Å². The van der Waals surface area contributed by atoms with E-state index in [2.05, 4.69) is 5.16 Å². The third-order valence-corrected chi connectivity index (χ3v) is 4.05. The van der Waals surface area contributed by atoms with E-state index in [9.17, 15) is 4.79 Å². The molecule has 1 aliphatic heterocycles. The molecule has 3 rings (SSSR count). The van der Waals surface area contributed by atoms with Crippen LogP contribution in [0.2, 0.25) is 0 Å². The highest BCUT2D eigenvalue weighted by molar-refractivity contribution is 5.93. The predicted molar refractivity (Wildman–Crippen MR) is 67.5 cm³/mol. The molecule has 0 radical (unpaired) electrons. The largest absolute Gasteiger partial charge is 0.360 e. The maximum Gasteiger partial charge on any atom is 0.276 e. The van der Waals surface area contributed by atoms with Crippen LogP contribution in [0.4, 0.5) is 0 Å². The Kier molecular flexibility index (Phi) is 3.35. The molecule has 1 saturated heterocycles. The molecule has 0 atom stereocenters. The van der Waals surface area contributed by atoms with Gasteiger partial charge in [0, 0.05) is 25.1 Å². The van der Waals surface area contributed by atoms with Gasteiger partial charge in [0.15, 0.2) is 5.69 Å². The van der Waals surface area contributed by atoms with Crippen molar-refractivity contribution in [2.45, 2.75) is 51.4 Å². The maximum atomic E-state index is 12.5. The zero-order valence-electron chi connectivity index (χ0n) is 10.8. The normalized spacial score (nSPS) is 20.3. The van der Waals surface area contributed by atoms with Crippen molar-refractivity contribution in [3.63, 3.8) is 0 Å². The Labute approximate surface area is 107 Å². The minimum atomic E-state index is 0.0869. The summed E-state index contributed by atoms with van der Waals surface area (Å²) in [6, 6.07) is 0. The minimum absolute atomic E-state index is 0.0869. The molecule has 4 nitrogen and oxygen atoms in total. The molecule has 1 aliphatic carbocycles. The minimum Gasteiger partial charge on any atom is -0.360 e. The topological polar surface area (TPSA) is 46.3 Å². The molecule has 4 heteroatoms. The molecule has 0 bridgehead atoms. The van der Waals surface area contributed by atoms with Crippen molar-refractivity contribution in [2.75, 3.05) is 13.1 Å². The second-order valence-corrected chi connectivity index (χ2v) is 5.35. The van der Waals surface area contributed by atoms with Crippen molar-refractivity contribution in [2.24, 2.45) is 0 Å². The van der Waals surface area contributed by atoms with Crippen molar-refractivity contribution in [1.29, 1.82) is 0 Å². The lowest BCUT2D eigenvalue weighted by Crippen LogP contribution is -2.32. The number of likely N-dealkylation sites (tertiary alicyclic amines) is 1. The second kappa shape index (κ2) is 5.12. The summed E-state index contributed by atoms with van der Waals surface area (Å²) < 4.78 is 5.33. The Balaban J connectivity index is 1.80. The van der Waals surface area contributed by atoms with Crippen LogP contribution < -0.4 is 0 Å². The van der Waals surface area contributed by atoms with Gasteiger partial charge in [-0.2, -0.15) is 0 Å². The zero-order chi connectivity index (χ0) is 12.4. The molecular weight excluding hydrogens is 228 g/mol. The molecule has 1 fully saturated rings. The fourth-order valence-electron chi connectivity index (χ4n) is 2.98. The number of amides is 1. The molecular formula is C14H20N2O2. The first-order chi connectivity index (χ1) is 8.86. The standard InChI is InChI=1S/C14H20N2O2/c17-14(16-9-5-1-2-6-10-16)13-11-7-3-4-8-12(11)18-15-13/h1-10H2. The molecule has 0 saturated carbocycles. The van der Waals surface area contributed by atoms with Crippen LogP contribution in [-0.2, 0) is 12.8 Å². The van der Waals surface area contributed by atoms with E-state index in [-0.39, 0.29) is 5.91 Å². The number of carbonyl (C=O) groups is 1. The van der Waals surface area contributed by atoms with Gasteiger partial charge in [-0.15, -0.1) is 0 Å². The van der Waals surface area contributed by atoms with Gasteiger partial charge in [-0.1, -0.05) is 18.0 Å². The van der Waals surface area contributed by atoms with Crippen LogP contribution in [0, 0.1) is 0 Å². The van der Waals surface area contributed by atoms with Crippen LogP contribution >= 0.6 is 0 Å². The molecule has 0 N–H and O–H groups in total. The highest BCUT2D eigenvalue weighted by atomic mass is 16.5. The average Bonchev–Trinajstić information content (AvgIpc) is 2.65. The van der Waals surface area contributed by atoms with Gasteiger partial charge in [-0.05, 0) is 32.1 Å². The number of aryl methyl sites for hydroxylation is 1. The van der Waals surface area contributed by atoms with E-state index in [0.717, 1.165) is 62.9 Å². The van der Waals surface area contributed by atoms with Crippen LogP contribution in [0.5, 0.6) is 0 Å². The van der Waals surface area contributed by atoms with Crippen LogP contribution in [0.1, 0.15) is 60.3 Å². The Hall–Kier alpha value is -1.32. The summed E-state index contributed by atoms with van der Waals surface area (Å²) in [7, 11) is 0. The summed E-state index contributed by atoms with van der Waals surface area (Å²) >= 11 is 0. The van der Waals surface area contributed by atoms with Gasteiger partial charge >= 0.3 is 0 Å². The quantitative estimate of drug-likeness (QED) is 0.767. The number of aromatic nitrogens is 1. The molecule has 98 valence electrons. The van der Waals surface area contributed by atoms with Gasteiger partial charge in [-0.3, -0.25) is 4.79 Å². The van der Waals surface area contributed by atoms with E-state index in [4.69, 9.17) is 4.52 Å². The molecule has 18 heavy (non-hydrogen) atoms. The summed E-state index contributed by atoms with van der Waals surface area (Å²) in [4.78, 5) is 14.4. The highest BCUT2D eigenvalue weighted by Crippen LogP contribution is 2.25. The molecule has 1 amide bonds. The SMILES string of the molecule is O=C(c1noc2c1CCCC2)N1CCCCCC1.